The molecule has 0 saturated carbocycles. The van der Waals surface area contributed by atoms with Crippen molar-refractivity contribution in [2.75, 3.05) is 18.0 Å². The molecule has 1 aromatic heterocycles. The SMILES string of the molecule is CC(C)Cn1ccnc1N1CCC(N)C1. The first-order chi connectivity index (χ1) is 7.16. The van der Waals surface area contributed by atoms with Crippen molar-refractivity contribution in [2.45, 2.75) is 32.9 Å². The normalized spacial score (nSPS) is 21.6. The molecule has 1 atom stereocenters. The van der Waals surface area contributed by atoms with Crippen LogP contribution in [0.2, 0.25) is 0 Å². The van der Waals surface area contributed by atoms with Crippen molar-refractivity contribution in [1.82, 2.24) is 9.55 Å². The number of hydrogen-bond acceptors (Lipinski definition) is 3. The van der Waals surface area contributed by atoms with E-state index < -0.39 is 0 Å². The fourth-order valence-corrected chi connectivity index (χ4v) is 2.09. The summed E-state index contributed by atoms with van der Waals surface area (Å²) in [4.78, 5) is 6.70. The number of anilines is 1. The lowest BCUT2D eigenvalue weighted by molar-refractivity contribution is 0.520. The molecule has 84 valence electrons. The summed E-state index contributed by atoms with van der Waals surface area (Å²) in [5, 5.41) is 0. The molecule has 1 fully saturated rings. The maximum Gasteiger partial charge on any atom is 0.205 e. The first-order valence-corrected chi connectivity index (χ1v) is 5.68. The van der Waals surface area contributed by atoms with E-state index in [0.717, 1.165) is 32.0 Å². The van der Waals surface area contributed by atoms with E-state index in [9.17, 15) is 0 Å². The van der Waals surface area contributed by atoms with Crippen LogP contribution in [-0.2, 0) is 6.54 Å². The number of rotatable bonds is 3. The summed E-state index contributed by atoms with van der Waals surface area (Å²) in [6.45, 7) is 7.45. The van der Waals surface area contributed by atoms with Crippen molar-refractivity contribution in [2.24, 2.45) is 11.7 Å². The van der Waals surface area contributed by atoms with Gasteiger partial charge in [-0.25, -0.2) is 4.98 Å². The molecule has 1 aliphatic rings. The average Bonchev–Trinajstić information content (AvgIpc) is 2.72. The average molecular weight is 208 g/mol. The van der Waals surface area contributed by atoms with Crippen LogP contribution in [0.25, 0.3) is 0 Å². The molecule has 0 bridgehead atoms. The zero-order valence-electron chi connectivity index (χ0n) is 9.56. The van der Waals surface area contributed by atoms with Gasteiger partial charge in [0.25, 0.3) is 0 Å². The lowest BCUT2D eigenvalue weighted by Gasteiger charge is -2.19. The predicted octanol–water partition coefficient (Wildman–Crippen LogP) is 1.08. The van der Waals surface area contributed by atoms with Crippen LogP contribution >= 0.6 is 0 Å². The lowest BCUT2D eigenvalue weighted by atomic mass is 10.2. The third-order valence-electron chi connectivity index (χ3n) is 2.76. The summed E-state index contributed by atoms with van der Waals surface area (Å²) in [6, 6.07) is 0.314. The molecule has 4 nitrogen and oxygen atoms in total. The van der Waals surface area contributed by atoms with Gasteiger partial charge >= 0.3 is 0 Å². The summed E-state index contributed by atoms with van der Waals surface area (Å²) in [6.07, 6.45) is 5.01. The summed E-state index contributed by atoms with van der Waals surface area (Å²) < 4.78 is 2.22. The molecule has 2 N–H and O–H groups in total. The minimum Gasteiger partial charge on any atom is -0.341 e. The van der Waals surface area contributed by atoms with Gasteiger partial charge in [-0.05, 0) is 12.3 Å². The van der Waals surface area contributed by atoms with Crippen molar-refractivity contribution in [3.63, 3.8) is 0 Å². The predicted molar refractivity (Wildman–Crippen MR) is 61.9 cm³/mol. The van der Waals surface area contributed by atoms with E-state index in [0.29, 0.717) is 12.0 Å². The van der Waals surface area contributed by atoms with E-state index in [1.807, 2.05) is 6.20 Å². The Kier molecular flexibility index (Phi) is 2.95. The van der Waals surface area contributed by atoms with E-state index in [4.69, 9.17) is 5.73 Å². The van der Waals surface area contributed by atoms with E-state index in [2.05, 4.69) is 34.5 Å². The molecule has 0 aliphatic carbocycles. The topological polar surface area (TPSA) is 47.1 Å². The highest BCUT2D eigenvalue weighted by atomic mass is 15.3. The third kappa shape index (κ3) is 2.31. The zero-order chi connectivity index (χ0) is 10.8. The Morgan fingerprint density at radius 3 is 3.00 bits per heavy atom. The number of nitrogens with two attached hydrogens (primary N) is 1. The molecule has 1 unspecified atom stereocenters. The fourth-order valence-electron chi connectivity index (χ4n) is 2.09. The first kappa shape index (κ1) is 10.5. The van der Waals surface area contributed by atoms with E-state index in [1.54, 1.807) is 0 Å². The standard InChI is InChI=1S/C11H20N4/c1-9(2)7-15-6-4-13-11(15)14-5-3-10(12)8-14/h4,6,9-10H,3,5,7-8,12H2,1-2H3. The Bertz CT molecular complexity index is 318. The molecule has 1 aliphatic heterocycles. The van der Waals surface area contributed by atoms with Crippen LogP contribution in [0.1, 0.15) is 20.3 Å². The number of imidazole rings is 1. The van der Waals surface area contributed by atoms with Gasteiger partial charge in [0.2, 0.25) is 5.95 Å². The zero-order valence-corrected chi connectivity index (χ0v) is 9.56. The quantitative estimate of drug-likeness (QED) is 0.808. The summed E-state index contributed by atoms with van der Waals surface area (Å²) >= 11 is 0. The van der Waals surface area contributed by atoms with E-state index >= 15 is 0 Å². The van der Waals surface area contributed by atoms with Crippen LogP contribution in [0.15, 0.2) is 12.4 Å². The van der Waals surface area contributed by atoms with Crippen molar-refractivity contribution in [3.8, 4) is 0 Å². The minimum absolute atomic E-state index is 0.314. The number of aromatic nitrogens is 2. The maximum absolute atomic E-state index is 5.90. The summed E-state index contributed by atoms with van der Waals surface area (Å²) in [5.41, 5.74) is 5.90. The largest absolute Gasteiger partial charge is 0.341 e. The molecule has 0 spiro atoms. The highest BCUT2D eigenvalue weighted by Gasteiger charge is 2.22. The molecule has 2 rings (SSSR count). The second-order valence-corrected chi connectivity index (χ2v) is 4.77. The van der Waals surface area contributed by atoms with Crippen molar-refractivity contribution in [3.05, 3.63) is 12.4 Å². The Morgan fingerprint density at radius 2 is 2.40 bits per heavy atom. The van der Waals surface area contributed by atoms with Crippen LogP contribution in [0.3, 0.4) is 0 Å². The van der Waals surface area contributed by atoms with Gasteiger partial charge in [-0.3, -0.25) is 0 Å². The monoisotopic (exact) mass is 208 g/mol. The molecule has 4 heteroatoms. The van der Waals surface area contributed by atoms with Crippen LogP contribution in [-0.4, -0.2) is 28.7 Å². The number of nitrogens with zero attached hydrogens (tertiary/aromatic N) is 3. The van der Waals surface area contributed by atoms with Gasteiger partial charge in [0, 0.05) is 38.1 Å². The smallest absolute Gasteiger partial charge is 0.205 e. The Hall–Kier alpha value is -1.03. The van der Waals surface area contributed by atoms with Crippen LogP contribution in [0, 0.1) is 5.92 Å². The maximum atomic E-state index is 5.90. The minimum atomic E-state index is 0.314. The van der Waals surface area contributed by atoms with Gasteiger partial charge in [-0.15, -0.1) is 0 Å². The van der Waals surface area contributed by atoms with Crippen LogP contribution < -0.4 is 10.6 Å². The fraction of sp³-hybridized carbons (Fsp3) is 0.727. The first-order valence-electron chi connectivity index (χ1n) is 5.68. The molecule has 1 saturated heterocycles. The Labute approximate surface area is 91.1 Å². The summed E-state index contributed by atoms with van der Waals surface area (Å²) in [5.74, 6) is 1.73. The second-order valence-electron chi connectivity index (χ2n) is 4.77. The summed E-state index contributed by atoms with van der Waals surface area (Å²) in [7, 11) is 0. The molecule has 0 aromatic carbocycles. The van der Waals surface area contributed by atoms with E-state index in [-0.39, 0.29) is 0 Å². The van der Waals surface area contributed by atoms with Crippen molar-refractivity contribution >= 4 is 5.95 Å². The molecule has 1 aromatic rings. The Balaban J connectivity index is 2.10. The van der Waals surface area contributed by atoms with Gasteiger partial charge in [-0.2, -0.15) is 0 Å². The lowest BCUT2D eigenvalue weighted by Crippen LogP contribution is -2.28. The molecule has 0 radical (unpaired) electrons. The van der Waals surface area contributed by atoms with Gasteiger partial charge < -0.3 is 15.2 Å². The Morgan fingerprint density at radius 1 is 1.60 bits per heavy atom. The number of hydrogen-bond donors (Lipinski definition) is 1. The molecule has 15 heavy (non-hydrogen) atoms. The third-order valence-corrected chi connectivity index (χ3v) is 2.76. The van der Waals surface area contributed by atoms with Crippen molar-refractivity contribution < 1.29 is 0 Å². The van der Waals surface area contributed by atoms with E-state index in [1.165, 1.54) is 0 Å². The van der Waals surface area contributed by atoms with Gasteiger partial charge in [0.05, 0.1) is 0 Å². The highest BCUT2D eigenvalue weighted by Crippen LogP contribution is 2.18. The van der Waals surface area contributed by atoms with Crippen LogP contribution in [0.4, 0.5) is 5.95 Å². The van der Waals surface area contributed by atoms with Gasteiger partial charge in [-0.1, -0.05) is 13.8 Å². The molecular formula is C11H20N4. The molecular weight excluding hydrogens is 188 g/mol. The van der Waals surface area contributed by atoms with Gasteiger partial charge in [0.15, 0.2) is 0 Å². The molecule has 0 amide bonds. The highest BCUT2D eigenvalue weighted by molar-refractivity contribution is 5.33. The van der Waals surface area contributed by atoms with Crippen LogP contribution in [0.5, 0.6) is 0 Å². The van der Waals surface area contributed by atoms with Gasteiger partial charge in [0.1, 0.15) is 0 Å². The second kappa shape index (κ2) is 4.23. The molecule has 2 heterocycles. The van der Waals surface area contributed by atoms with Crippen molar-refractivity contribution in [1.29, 1.82) is 0 Å².